The molecule has 1 aromatic heterocycles. The number of nitrogens with one attached hydrogen (secondary N) is 1. The summed E-state index contributed by atoms with van der Waals surface area (Å²) in [7, 11) is 4.54. The van der Waals surface area contributed by atoms with Gasteiger partial charge < -0.3 is 24.4 Å². The Morgan fingerprint density at radius 2 is 1.79 bits per heavy atom. The molecule has 33 heavy (non-hydrogen) atoms. The number of amides is 2. The maximum Gasteiger partial charge on any atom is 0.229 e. The first kappa shape index (κ1) is 22.1. The average Bonchev–Trinajstić information content (AvgIpc) is 3.49. The van der Waals surface area contributed by atoms with E-state index in [4.69, 9.17) is 14.2 Å². The van der Waals surface area contributed by atoms with Crippen LogP contribution < -0.4 is 24.4 Å². The molecular weight excluding hydrogens is 426 g/mol. The van der Waals surface area contributed by atoms with Crippen molar-refractivity contribution in [1.29, 1.82) is 0 Å². The second kappa shape index (κ2) is 9.60. The molecule has 1 aliphatic heterocycles. The Balaban J connectivity index is 1.43. The van der Waals surface area contributed by atoms with Crippen LogP contribution in [0.4, 0.5) is 11.4 Å². The van der Waals surface area contributed by atoms with Gasteiger partial charge in [-0.15, -0.1) is 0 Å². The van der Waals surface area contributed by atoms with Crippen molar-refractivity contribution in [3.8, 4) is 17.2 Å². The summed E-state index contributed by atoms with van der Waals surface area (Å²) in [5.41, 5.74) is 2.28. The number of anilines is 2. The Hall–Kier alpha value is -4.08. The molecule has 1 atom stereocenters. The van der Waals surface area contributed by atoms with Gasteiger partial charge in [0.1, 0.15) is 12.7 Å². The molecule has 172 valence electrons. The highest BCUT2D eigenvalue weighted by Crippen LogP contribution is 2.42. The van der Waals surface area contributed by atoms with Crippen LogP contribution in [-0.2, 0) is 16.1 Å². The van der Waals surface area contributed by atoms with Crippen molar-refractivity contribution >= 4 is 23.2 Å². The van der Waals surface area contributed by atoms with E-state index >= 15 is 0 Å². The largest absolute Gasteiger partial charge is 0.493 e. The first-order valence-electron chi connectivity index (χ1n) is 10.3. The van der Waals surface area contributed by atoms with E-state index in [9.17, 15) is 9.59 Å². The lowest BCUT2D eigenvalue weighted by atomic mass is 10.1. The second-order valence-corrected chi connectivity index (χ2v) is 7.57. The molecule has 4 rings (SSSR count). The highest BCUT2D eigenvalue weighted by molar-refractivity contribution is 6.03. The first-order valence-corrected chi connectivity index (χ1v) is 10.3. The maximum absolute atomic E-state index is 12.8. The molecule has 1 saturated heterocycles. The number of nitrogens with zero attached hydrogens (tertiary/aromatic N) is 4. The van der Waals surface area contributed by atoms with E-state index in [1.807, 2.05) is 24.3 Å². The molecular formula is C23H25N5O5. The zero-order valence-corrected chi connectivity index (χ0v) is 18.6. The van der Waals surface area contributed by atoms with Crippen LogP contribution in [0.15, 0.2) is 49.1 Å². The summed E-state index contributed by atoms with van der Waals surface area (Å²) in [6.07, 6.45) is 3.25. The molecule has 10 nitrogen and oxygen atoms in total. The van der Waals surface area contributed by atoms with Crippen molar-refractivity contribution in [2.75, 3.05) is 38.1 Å². The van der Waals surface area contributed by atoms with Gasteiger partial charge in [-0.05, 0) is 17.7 Å². The lowest BCUT2D eigenvalue weighted by molar-refractivity contribution is -0.122. The van der Waals surface area contributed by atoms with Crippen molar-refractivity contribution in [3.63, 3.8) is 0 Å². The monoisotopic (exact) mass is 451 g/mol. The summed E-state index contributed by atoms with van der Waals surface area (Å²) in [5.74, 6) is 0.496. The Kier molecular flexibility index (Phi) is 6.43. The van der Waals surface area contributed by atoms with Crippen LogP contribution in [-0.4, -0.2) is 54.5 Å². The molecule has 0 bridgehead atoms. The normalized spacial score (nSPS) is 15.4. The molecule has 0 saturated carbocycles. The number of benzene rings is 2. The third-order valence-electron chi connectivity index (χ3n) is 5.49. The quantitative estimate of drug-likeness (QED) is 0.560. The van der Waals surface area contributed by atoms with Crippen LogP contribution in [0, 0.1) is 5.92 Å². The number of rotatable bonds is 8. The molecule has 3 aromatic rings. The summed E-state index contributed by atoms with van der Waals surface area (Å²) in [6.45, 7) is 0.850. The Morgan fingerprint density at radius 3 is 2.36 bits per heavy atom. The fraction of sp³-hybridized carbons (Fsp3) is 0.304. The smallest absolute Gasteiger partial charge is 0.229 e. The van der Waals surface area contributed by atoms with Gasteiger partial charge in [0.25, 0.3) is 0 Å². The Morgan fingerprint density at radius 1 is 1.09 bits per heavy atom. The van der Waals surface area contributed by atoms with Crippen molar-refractivity contribution < 1.29 is 23.8 Å². The van der Waals surface area contributed by atoms with E-state index in [-0.39, 0.29) is 24.8 Å². The summed E-state index contributed by atoms with van der Waals surface area (Å²) in [4.78, 5) is 31.0. The van der Waals surface area contributed by atoms with E-state index in [1.54, 1.807) is 28.0 Å². The number of aromatic nitrogens is 3. The van der Waals surface area contributed by atoms with Crippen LogP contribution in [0.3, 0.4) is 0 Å². The van der Waals surface area contributed by atoms with Crippen LogP contribution in [0.1, 0.15) is 12.0 Å². The molecule has 2 heterocycles. The van der Waals surface area contributed by atoms with E-state index in [0.717, 1.165) is 5.56 Å². The molecule has 0 aliphatic carbocycles. The Labute approximate surface area is 191 Å². The average molecular weight is 451 g/mol. The highest BCUT2D eigenvalue weighted by Gasteiger charge is 2.36. The fourth-order valence-corrected chi connectivity index (χ4v) is 3.80. The molecule has 0 radical (unpaired) electrons. The molecule has 1 N–H and O–H groups in total. The lowest BCUT2D eigenvalue weighted by Gasteiger charge is -2.20. The molecule has 1 fully saturated rings. The van der Waals surface area contributed by atoms with Crippen molar-refractivity contribution in [1.82, 2.24) is 14.8 Å². The minimum atomic E-state index is -0.480. The third kappa shape index (κ3) is 4.74. The first-order chi connectivity index (χ1) is 16.0. The van der Waals surface area contributed by atoms with Gasteiger partial charge in [-0.1, -0.05) is 12.1 Å². The van der Waals surface area contributed by atoms with Gasteiger partial charge in [0.15, 0.2) is 11.5 Å². The zero-order chi connectivity index (χ0) is 23.4. The number of hydrogen-bond donors (Lipinski definition) is 1. The third-order valence-corrected chi connectivity index (χ3v) is 5.49. The molecule has 2 aromatic carbocycles. The van der Waals surface area contributed by atoms with E-state index < -0.39 is 5.92 Å². The minimum absolute atomic E-state index is 0.118. The number of hydrogen-bond acceptors (Lipinski definition) is 7. The van der Waals surface area contributed by atoms with E-state index in [0.29, 0.717) is 35.2 Å². The lowest BCUT2D eigenvalue weighted by Crippen LogP contribution is -2.28. The van der Waals surface area contributed by atoms with Crippen LogP contribution in [0.5, 0.6) is 17.2 Å². The van der Waals surface area contributed by atoms with Gasteiger partial charge in [0.05, 0.1) is 39.5 Å². The van der Waals surface area contributed by atoms with E-state index in [1.165, 1.54) is 27.7 Å². The number of carbonyl (C=O) groups is 2. The minimum Gasteiger partial charge on any atom is -0.493 e. The van der Waals surface area contributed by atoms with Crippen LogP contribution in [0.2, 0.25) is 0 Å². The van der Waals surface area contributed by atoms with Gasteiger partial charge in [0, 0.05) is 30.8 Å². The second-order valence-electron chi connectivity index (χ2n) is 7.57. The maximum atomic E-state index is 12.8. The summed E-state index contributed by atoms with van der Waals surface area (Å²) in [6, 6.07) is 10.9. The van der Waals surface area contributed by atoms with Gasteiger partial charge in [-0.2, -0.15) is 5.10 Å². The molecule has 1 aliphatic rings. The van der Waals surface area contributed by atoms with Gasteiger partial charge in [-0.3, -0.25) is 9.59 Å². The molecule has 0 spiro atoms. The predicted molar refractivity (Wildman–Crippen MR) is 121 cm³/mol. The van der Waals surface area contributed by atoms with Crippen molar-refractivity contribution in [3.05, 3.63) is 54.6 Å². The highest BCUT2D eigenvalue weighted by atomic mass is 16.5. The van der Waals surface area contributed by atoms with Crippen molar-refractivity contribution in [2.45, 2.75) is 13.0 Å². The fourth-order valence-electron chi connectivity index (χ4n) is 3.80. The Bertz CT molecular complexity index is 1110. The predicted octanol–water partition coefficient (Wildman–Crippen LogP) is 2.34. The van der Waals surface area contributed by atoms with Gasteiger partial charge >= 0.3 is 0 Å². The van der Waals surface area contributed by atoms with Gasteiger partial charge in [-0.25, -0.2) is 9.67 Å². The SMILES string of the molecule is COc1cc(N2CC(C(=O)Nc3ccc(Cn4cncn4)cc3)CC2=O)cc(OC)c1OC. The molecule has 10 heteroatoms. The molecule has 2 amide bonds. The summed E-state index contributed by atoms with van der Waals surface area (Å²) >= 11 is 0. The van der Waals surface area contributed by atoms with Crippen molar-refractivity contribution in [2.24, 2.45) is 5.92 Å². The number of carbonyl (C=O) groups excluding carboxylic acids is 2. The number of ether oxygens (including phenoxy) is 3. The van der Waals surface area contributed by atoms with Gasteiger partial charge in [0.2, 0.25) is 17.6 Å². The number of methoxy groups -OCH3 is 3. The standard InChI is InChI=1S/C23H25N5O5/c1-31-19-9-18(10-20(32-2)22(19)33-3)28-12-16(8-21(28)29)23(30)26-17-6-4-15(5-7-17)11-27-14-24-13-25-27/h4-7,9-10,13-14,16H,8,11-12H2,1-3H3,(H,26,30). The topological polar surface area (TPSA) is 108 Å². The van der Waals surface area contributed by atoms with Crippen LogP contribution in [0.25, 0.3) is 0 Å². The summed E-state index contributed by atoms with van der Waals surface area (Å²) in [5, 5.41) is 6.99. The van der Waals surface area contributed by atoms with Crippen LogP contribution >= 0.6 is 0 Å². The van der Waals surface area contributed by atoms with E-state index in [2.05, 4.69) is 15.4 Å². The summed E-state index contributed by atoms with van der Waals surface area (Å²) < 4.78 is 17.8. The molecule has 1 unspecified atom stereocenters. The zero-order valence-electron chi connectivity index (χ0n) is 18.6.